The SMILES string of the molecule is COc1ccc2c(O[C@@H]3C[C@@H](C(=O)NC#C[C@]45C[C@H]4CCCCCCCCNC(=O)c4cccc(c4)S(=O)(=O)NC5=O)N(C(C)=O)C3)cc(-c3ccccc3)nc2c1. The number of hydrogen-bond acceptors (Lipinski definition) is 9. The number of rotatable bonds is 5. The fourth-order valence-electron chi connectivity index (χ4n) is 7.87. The van der Waals surface area contributed by atoms with Gasteiger partial charge in [0.05, 0.1) is 29.8 Å². The first-order valence-electron chi connectivity index (χ1n) is 19.7. The second kappa shape index (κ2) is 17.3. The summed E-state index contributed by atoms with van der Waals surface area (Å²) in [5.74, 6) is 1.86. The zero-order valence-corrected chi connectivity index (χ0v) is 33.4. The van der Waals surface area contributed by atoms with Gasteiger partial charge in [-0.05, 0) is 55.5 Å². The molecule has 3 aliphatic rings. The molecule has 4 atom stereocenters. The van der Waals surface area contributed by atoms with Crippen molar-refractivity contribution in [3.63, 3.8) is 0 Å². The normalized spacial score (nSPS) is 23.4. The predicted molar refractivity (Wildman–Crippen MR) is 217 cm³/mol. The summed E-state index contributed by atoms with van der Waals surface area (Å²) in [5.41, 5.74) is 1.06. The molecule has 4 aromatic rings. The second-order valence-corrected chi connectivity index (χ2v) is 16.8. The van der Waals surface area contributed by atoms with Crippen molar-refractivity contribution in [2.75, 3.05) is 20.2 Å². The molecule has 1 saturated carbocycles. The lowest BCUT2D eigenvalue weighted by atomic mass is 9.99. The van der Waals surface area contributed by atoms with Crippen molar-refractivity contribution in [2.45, 2.75) is 81.8 Å². The minimum Gasteiger partial charge on any atom is -0.497 e. The molecule has 58 heavy (non-hydrogen) atoms. The molecule has 7 rings (SSSR count). The Hall–Kier alpha value is -5.94. The number of fused-ring (bicyclic) bond motifs is 4. The van der Waals surface area contributed by atoms with Crippen molar-refractivity contribution >= 4 is 44.6 Å². The van der Waals surface area contributed by atoms with Crippen LogP contribution in [0.5, 0.6) is 11.5 Å². The number of amides is 4. The Bertz CT molecular complexity index is 2400. The summed E-state index contributed by atoms with van der Waals surface area (Å²) >= 11 is 0. The first-order chi connectivity index (χ1) is 28.0. The van der Waals surface area contributed by atoms with E-state index in [-0.39, 0.29) is 35.2 Å². The van der Waals surface area contributed by atoms with Crippen LogP contribution in [-0.4, -0.2) is 74.3 Å². The lowest BCUT2D eigenvalue weighted by molar-refractivity contribution is -0.136. The van der Waals surface area contributed by atoms with E-state index in [2.05, 4.69) is 27.3 Å². The molecule has 2 bridgehead atoms. The van der Waals surface area contributed by atoms with Crippen LogP contribution < -0.4 is 24.8 Å². The number of benzene rings is 3. The molecule has 3 N–H and O–H groups in total. The van der Waals surface area contributed by atoms with E-state index in [0.29, 0.717) is 42.1 Å². The lowest BCUT2D eigenvalue weighted by Crippen LogP contribution is -2.44. The molecule has 2 aliphatic heterocycles. The molecule has 4 amide bonds. The van der Waals surface area contributed by atoms with E-state index in [1.54, 1.807) is 7.11 Å². The van der Waals surface area contributed by atoms with Crippen LogP contribution in [0.2, 0.25) is 0 Å². The first-order valence-corrected chi connectivity index (χ1v) is 21.2. The van der Waals surface area contributed by atoms with E-state index in [0.717, 1.165) is 49.5 Å². The van der Waals surface area contributed by atoms with Crippen LogP contribution in [0.1, 0.15) is 75.1 Å². The molecule has 0 spiro atoms. The Morgan fingerprint density at radius 1 is 0.931 bits per heavy atom. The summed E-state index contributed by atoms with van der Waals surface area (Å²) in [6, 6.07) is 24.3. The molecule has 2 fully saturated rings. The number of sulfonamides is 1. The number of carbonyl (C=O) groups is 4. The fraction of sp³-hybridized carbons (Fsp3) is 0.386. The monoisotopic (exact) mass is 805 g/mol. The number of likely N-dealkylation sites (tertiary alicyclic amines) is 1. The van der Waals surface area contributed by atoms with Gasteiger partial charge in [0.25, 0.3) is 27.7 Å². The van der Waals surface area contributed by atoms with Crippen LogP contribution in [0.3, 0.4) is 0 Å². The smallest absolute Gasteiger partial charge is 0.264 e. The van der Waals surface area contributed by atoms with E-state index in [1.807, 2.05) is 54.6 Å². The zero-order valence-electron chi connectivity index (χ0n) is 32.6. The second-order valence-electron chi connectivity index (χ2n) is 15.2. The van der Waals surface area contributed by atoms with Gasteiger partial charge in [-0.2, -0.15) is 0 Å². The van der Waals surface area contributed by atoms with Crippen molar-refractivity contribution < 1.29 is 37.1 Å². The van der Waals surface area contributed by atoms with Gasteiger partial charge < -0.3 is 19.7 Å². The molecule has 3 heterocycles. The van der Waals surface area contributed by atoms with Gasteiger partial charge in [-0.25, -0.2) is 18.1 Å². The summed E-state index contributed by atoms with van der Waals surface area (Å²) in [7, 11) is -2.77. The topological polar surface area (TPSA) is 173 Å². The van der Waals surface area contributed by atoms with Gasteiger partial charge in [-0.15, -0.1) is 0 Å². The fourth-order valence-corrected chi connectivity index (χ4v) is 8.96. The molecule has 0 radical (unpaired) electrons. The van der Waals surface area contributed by atoms with Crippen LogP contribution in [-0.2, 0) is 24.4 Å². The third-order valence-corrected chi connectivity index (χ3v) is 12.5. The molecule has 1 aromatic heterocycles. The van der Waals surface area contributed by atoms with Crippen molar-refractivity contribution in [3.05, 3.63) is 84.4 Å². The number of carbonyl (C=O) groups excluding carboxylic acids is 4. The van der Waals surface area contributed by atoms with Gasteiger partial charge in [0.2, 0.25) is 5.91 Å². The van der Waals surface area contributed by atoms with Gasteiger partial charge in [-0.1, -0.05) is 74.4 Å². The summed E-state index contributed by atoms with van der Waals surface area (Å²) in [6.45, 7) is 2.03. The number of nitrogens with one attached hydrogen (secondary N) is 3. The van der Waals surface area contributed by atoms with Crippen molar-refractivity contribution in [2.24, 2.45) is 11.3 Å². The third-order valence-electron chi connectivity index (χ3n) is 11.2. The van der Waals surface area contributed by atoms with E-state index < -0.39 is 45.3 Å². The number of methoxy groups -OCH3 is 1. The van der Waals surface area contributed by atoms with Crippen molar-refractivity contribution in [1.82, 2.24) is 25.2 Å². The maximum absolute atomic E-state index is 13.8. The summed E-state index contributed by atoms with van der Waals surface area (Å²) in [4.78, 5) is 59.2. The van der Waals surface area contributed by atoms with Crippen LogP contribution in [0.25, 0.3) is 22.2 Å². The predicted octanol–water partition coefficient (Wildman–Crippen LogP) is 5.34. The number of ether oxygens (including phenoxy) is 2. The minimum atomic E-state index is -4.36. The summed E-state index contributed by atoms with van der Waals surface area (Å²) < 4.78 is 41.1. The largest absolute Gasteiger partial charge is 0.497 e. The Morgan fingerprint density at radius 3 is 2.47 bits per heavy atom. The first kappa shape index (κ1) is 40.3. The van der Waals surface area contributed by atoms with E-state index in [9.17, 15) is 27.6 Å². The standard InChI is InChI=1S/C44H47N5O8S/c1-29(50)49-28-34(57-40-26-37(30-13-8-7-9-14-30)47-38-24-33(56-2)18-19-36(38)40)25-39(49)42(52)46-22-20-44-27-32(44)16-10-5-3-4-6-11-21-45-41(51)31-15-12-17-35(23-31)58(54,55)48-43(44)53/h7-9,12-15,17-19,23-24,26,32,34,39H,3-6,10-11,16,21,25,27-28H2,1-2H3,(H,45,51)(H,46,52)(H,48,53)/t32-,34-,39+,44+/m1/s1. The lowest BCUT2D eigenvalue weighted by Gasteiger charge is -2.20. The van der Waals surface area contributed by atoms with Crippen LogP contribution >= 0.6 is 0 Å². The molecule has 1 aliphatic carbocycles. The zero-order chi connectivity index (χ0) is 40.9. The van der Waals surface area contributed by atoms with E-state index in [1.165, 1.54) is 36.1 Å². The third kappa shape index (κ3) is 8.95. The average molecular weight is 806 g/mol. The Balaban J connectivity index is 1.09. The number of hydrogen-bond donors (Lipinski definition) is 3. The van der Waals surface area contributed by atoms with Gasteiger partial charge >= 0.3 is 0 Å². The van der Waals surface area contributed by atoms with Gasteiger partial charge in [0.15, 0.2) is 0 Å². The molecular weight excluding hydrogens is 759 g/mol. The molecule has 14 heteroatoms. The number of pyridine rings is 1. The van der Waals surface area contributed by atoms with Crippen molar-refractivity contribution in [1.29, 1.82) is 0 Å². The molecule has 0 unspecified atom stereocenters. The highest BCUT2D eigenvalue weighted by molar-refractivity contribution is 7.90. The van der Waals surface area contributed by atoms with Crippen LogP contribution in [0, 0.1) is 23.3 Å². The Kier molecular flexibility index (Phi) is 12.0. The van der Waals surface area contributed by atoms with Gasteiger partial charge in [0, 0.05) is 54.6 Å². The highest BCUT2D eigenvalue weighted by Gasteiger charge is 2.59. The van der Waals surface area contributed by atoms with E-state index >= 15 is 0 Å². The maximum Gasteiger partial charge on any atom is 0.264 e. The Morgan fingerprint density at radius 2 is 1.69 bits per heavy atom. The Labute approximate surface area is 338 Å². The molecule has 3 aromatic carbocycles. The van der Waals surface area contributed by atoms with Crippen molar-refractivity contribution in [3.8, 4) is 34.7 Å². The summed E-state index contributed by atoms with van der Waals surface area (Å²) in [6.07, 6.45) is 6.19. The quantitative estimate of drug-likeness (QED) is 0.178. The maximum atomic E-state index is 13.8. The molecule has 13 nitrogen and oxygen atoms in total. The van der Waals surface area contributed by atoms with Crippen LogP contribution in [0.4, 0.5) is 0 Å². The number of aromatic nitrogens is 1. The van der Waals surface area contributed by atoms with Crippen LogP contribution in [0.15, 0.2) is 83.8 Å². The average Bonchev–Trinajstić information content (AvgIpc) is 3.77. The minimum absolute atomic E-state index is 0.149. The molecule has 302 valence electrons. The van der Waals surface area contributed by atoms with Gasteiger partial charge in [0.1, 0.15) is 29.1 Å². The molecular formula is C44H47N5O8S. The molecule has 1 saturated heterocycles. The van der Waals surface area contributed by atoms with E-state index in [4.69, 9.17) is 14.5 Å². The highest BCUT2D eigenvalue weighted by Crippen LogP contribution is 2.55. The van der Waals surface area contributed by atoms with Gasteiger partial charge in [-0.3, -0.25) is 24.5 Å². The summed E-state index contributed by atoms with van der Waals surface area (Å²) in [5, 5.41) is 6.18. The highest BCUT2D eigenvalue weighted by atomic mass is 32.2. The number of nitrogens with zero attached hydrogens (tertiary/aromatic N) is 2.